The third-order valence-electron chi connectivity index (χ3n) is 2.90. The molecule has 2 aromatic carbocycles. The van der Waals surface area contributed by atoms with E-state index in [-0.39, 0.29) is 5.56 Å². The minimum Gasteiger partial charge on any atom is -0.504 e. The van der Waals surface area contributed by atoms with Crippen molar-refractivity contribution in [3.05, 3.63) is 76.0 Å². The molecule has 0 saturated carbocycles. The fraction of sp³-hybridized carbons (Fsp3) is 0.0588. The number of rotatable bonds is 4. The van der Waals surface area contributed by atoms with Gasteiger partial charge in [0, 0.05) is 0 Å². The lowest BCUT2D eigenvalue weighted by atomic mass is 10.1. The molecule has 106 valence electrons. The Morgan fingerprint density at radius 3 is 2.67 bits per heavy atom. The molecule has 0 aliphatic heterocycles. The predicted molar refractivity (Wildman–Crippen MR) is 80.7 cm³/mol. The molecule has 21 heavy (non-hydrogen) atoms. The molecule has 2 aromatic rings. The summed E-state index contributed by atoms with van der Waals surface area (Å²) < 4.78 is 5.09. The molecule has 0 heterocycles. The van der Waals surface area contributed by atoms with Crippen molar-refractivity contribution in [2.75, 3.05) is 7.11 Å². The first-order valence-corrected chi connectivity index (χ1v) is 6.30. The maximum absolute atomic E-state index is 12.1. The number of ketones is 1. The highest BCUT2D eigenvalue weighted by Crippen LogP contribution is 2.15. The van der Waals surface area contributed by atoms with Crippen molar-refractivity contribution < 1.29 is 14.6 Å². The molecular weight excluding hydrogens is 268 g/mol. The summed E-state index contributed by atoms with van der Waals surface area (Å²) in [6, 6.07) is 12.8. The number of carbonyl (C=O) groups is 1. The van der Waals surface area contributed by atoms with E-state index in [1.807, 2.05) is 6.07 Å². The van der Waals surface area contributed by atoms with Crippen LogP contribution in [0, 0.1) is 0 Å². The molecule has 4 nitrogen and oxygen atoms in total. The van der Waals surface area contributed by atoms with Crippen LogP contribution in [0.5, 0.6) is 11.5 Å². The highest BCUT2D eigenvalue weighted by molar-refractivity contribution is 6.08. The summed E-state index contributed by atoms with van der Waals surface area (Å²) in [5, 5.41) is 9.72. The summed E-state index contributed by atoms with van der Waals surface area (Å²) in [4.78, 5) is 23.5. The minimum absolute atomic E-state index is 0.0239. The quantitative estimate of drug-likeness (QED) is 0.691. The van der Waals surface area contributed by atoms with Crippen LogP contribution >= 0.6 is 0 Å². The zero-order valence-corrected chi connectivity index (χ0v) is 11.4. The van der Waals surface area contributed by atoms with Crippen LogP contribution in [0.1, 0.15) is 15.9 Å². The van der Waals surface area contributed by atoms with Gasteiger partial charge in [-0.15, -0.1) is 0 Å². The van der Waals surface area contributed by atoms with Crippen molar-refractivity contribution in [3.8, 4) is 11.5 Å². The zero-order valence-electron chi connectivity index (χ0n) is 11.4. The normalized spacial score (nSPS) is 10.5. The Labute approximate surface area is 121 Å². The third kappa shape index (κ3) is 3.57. The molecule has 0 saturated heterocycles. The molecule has 0 amide bonds. The standard InChI is InChI=1S/C17H14O4/c1-21-13-6-4-5-12(11-13)9-10-15(18)14-7-2-3-8-16(19)17(14)20/h2-11H,1H3,(H,19,20)/b10-9+. The van der Waals surface area contributed by atoms with Gasteiger partial charge >= 0.3 is 0 Å². The van der Waals surface area contributed by atoms with Crippen LogP contribution in [0.3, 0.4) is 0 Å². The van der Waals surface area contributed by atoms with Gasteiger partial charge in [0.05, 0.1) is 12.7 Å². The van der Waals surface area contributed by atoms with E-state index in [0.29, 0.717) is 5.75 Å². The maximum atomic E-state index is 12.1. The summed E-state index contributed by atoms with van der Waals surface area (Å²) in [6.45, 7) is 0. The second-order valence-electron chi connectivity index (χ2n) is 4.32. The first kappa shape index (κ1) is 14.5. The van der Waals surface area contributed by atoms with Gasteiger partial charge in [0.1, 0.15) is 5.75 Å². The number of allylic oxidation sites excluding steroid dienone is 1. The summed E-state index contributed by atoms with van der Waals surface area (Å²) in [7, 11) is 1.56. The molecule has 0 atom stereocenters. The monoisotopic (exact) mass is 282 g/mol. The van der Waals surface area contributed by atoms with E-state index in [9.17, 15) is 14.7 Å². The maximum Gasteiger partial charge on any atom is 0.220 e. The molecule has 2 rings (SSSR count). The van der Waals surface area contributed by atoms with Crippen LogP contribution in [0.2, 0.25) is 0 Å². The Morgan fingerprint density at radius 1 is 1.14 bits per heavy atom. The van der Waals surface area contributed by atoms with Crippen molar-refractivity contribution >= 4 is 11.9 Å². The first-order valence-electron chi connectivity index (χ1n) is 6.30. The van der Waals surface area contributed by atoms with Crippen LogP contribution in [-0.4, -0.2) is 18.0 Å². The fourth-order valence-corrected chi connectivity index (χ4v) is 1.79. The number of benzene rings is 1. The van der Waals surface area contributed by atoms with Gasteiger partial charge in [0.2, 0.25) is 5.43 Å². The van der Waals surface area contributed by atoms with E-state index < -0.39 is 17.0 Å². The summed E-state index contributed by atoms with van der Waals surface area (Å²) >= 11 is 0. The van der Waals surface area contributed by atoms with Crippen LogP contribution in [0.15, 0.2) is 59.4 Å². The summed E-state index contributed by atoms with van der Waals surface area (Å²) in [5.41, 5.74) is 0.173. The van der Waals surface area contributed by atoms with Crippen molar-refractivity contribution in [1.29, 1.82) is 0 Å². The van der Waals surface area contributed by atoms with Crippen molar-refractivity contribution in [3.63, 3.8) is 0 Å². The van der Waals surface area contributed by atoms with Crippen molar-refractivity contribution in [1.82, 2.24) is 0 Å². The number of aromatic hydroxyl groups is 1. The Bertz CT molecular complexity index is 748. The topological polar surface area (TPSA) is 63.6 Å². The fourth-order valence-electron chi connectivity index (χ4n) is 1.79. The lowest BCUT2D eigenvalue weighted by Gasteiger charge is -2.00. The van der Waals surface area contributed by atoms with Crippen molar-refractivity contribution in [2.24, 2.45) is 0 Å². The van der Waals surface area contributed by atoms with Crippen LogP contribution in [0.25, 0.3) is 6.08 Å². The molecule has 1 N–H and O–H groups in total. The van der Waals surface area contributed by atoms with Crippen LogP contribution in [0.4, 0.5) is 0 Å². The summed E-state index contributed by atoms with van der Waals surface area (Å²) in [6.07, 6.45) is 2.91. The molecule has 0 aromatic heterocycles. The average molecular weight is 282 g/mol. The molecule has 0 unspecified atom stereocenters. The zero-order chi connectivity index (χ0) is 15.2. The molecule has 0 aliphatic rings. The van der Waals surface area contributed by atoms with E-state index in [4.69, 9.17) is 4.74 Å². The molecule has 0 aliphatic carbocycles. The Balaban J connectivity index is 2.30. The number of carbonyl (C=O) groups excluding carboxylic acids is 1. The molecule has 4 heteroatoms. The lowest BCUT2D eigenvalue weighted by molar-refractivity contribution is 0.104. The van der Waals surface area contributed by atoms with Crippen LogP contribution < -0.4 is 10.2 Å². The highest BCUT2D eigenvalue weighted by Gasteiger charge is 2.09. The SMILES string of the molecule is COc1cccc(/C=C/C(=O)c2ccccc(=O)c2O)c1. The number of hydrogen-bond donors (Lipinski definition) is 1. The molecule has 0 radical (unpaired) electrons. The minimum atomic E-state index is -0.585. The van der Waals surface area contributed by atoms with Crippen LogP contribution in [-0.2, 0) is 0 Å². The molecule has 0 fully saturated rings. The molecule has 0 bridgehead atoms. The Hall–Kier alpha value is -2.88. The van der Waals surface area contributed by atoms with E-state index >= 15 is 0 Å². The predicted octanol–water partition coefficient (Wildman–Crippen LogP) is 2.66. The van der Waals surface area contributed by atoms with E-state index in [0.717, 1.165) is 5.56 Å². The van der Waals surface area contributed by atoms with Gasteiger partial charge in [-0.3, -0.25) is 9.59 Å². The summed E-state index contributed by atoms with van der Waals surface area (Å²) in [5.74, 6) is -0.302. The van der Waals surface area contributed by atoms with E-state index in [1.54, 1.807) is 31.4 Å². The van der Waals surface area contributed by atoms with Gasteiger partial charge in [-0.1, -0.05) is 30.3 Å². The molecular formula is C17H14O4. The lowest BCUT2D eigenvalue weighted by Crippen LogP contribution is -2.01. The second kappa shape index (κ2) is 6.52. The Morgan fingerprint density at radius 2 is 1.90 bits per heavy atom. The number of methoxy groups -OCH3 is 1. The Kier molecular flexibility index (Phi) is 4.51. The van der Waals surface area contributed by atoms with Gasteiger partial charge in [0.25, 0.3) is 0 Å². The van der Waals surface area contributed by atoms with Crippen molar-refractivity contribution in [2.45, 2.75) is 0 Å². The first-order chi connectivity index (χ1) is 10.1. The molecule has 0 spiro atoms. The number of ether oxygens (including phenoxy) is 1. The van der Waals surface area contributed by atoms with Gasteiger partial charge in [-0.2, -0.15) is 0 Å². The van der Waals surface area contributed by atoms with E-state index in [1.165, 1.54) is 30.3 Å². The van der Waals surface area contributed by atoms with E-state index in [2.05, 4.69) is 0 Å². The highest BCUT2D eigenvalue weighted by atomic mass is 16.5. The number of hydrogen-bond acceptors (Lipinski definition) is 4. The van der Waals surface area contributed by atoms with Gasteiger partial charge in [-0.05, 0) is 35.9 Å². The van der Waals surface area contributed by atoms with Gasteiger partial charge in [-0.25, -0.2) is 0 Å². The third-order valence-corrected chi connectivity index (χ3v) is 2.90. The van der Waals surface area contributed by atoms with Gasteiger partial charge in [0.15, 0.2) is 11.5 Å². The second-order valence-corrected chi connectivity index (χ2v) is 4.32. The van der Waals surface area contributed by atoms with Gasteiger partial charge < -0.3 is 9.84 Å². The smallest absolute Gasteiger partial charge is 0.220 e. The average Bonchev–Trinajstić information content (AvgIpc) is 2.67. The largest absolute Gasteiger partial charge is 0.504 e.